The van der Waals surface area contributed by atoms with Crippen molar-refractivity contribution in [3.63, 3.8) is 0 Å². The Morgan fingerprint density at radius 2 is 1.90 bits per heavy atom. The second kappa shape index (κ2) is 6.29. The molecule has 8 heteroatoms. The van der Waals surface area contributed by atoms with Crippen molar-refractivity contribution in [1.82, 2.24) is 25.4 Å². The number of methoxy groups -OCH3 is 2. The van der Waals surface area contributed by atoms with Crippen molar-refractivity contribution in [1.29, 1.82) is 0 Å². The van der Waals surface area contributed by atoms with Gasteiger partial charge < -0.3 is 19.3 Å². The summed E-state index contributed by atoms with van der Waals surface area (Å²) in [4.78, 5) is 12.4. The third kappa shape index (κ3) is 2.85. The van der Waals surface area contributed by atoms with E-state index in [1.54, 1.807) is 0 Å². The lowest BCUT2D eigenvalue weighted by Crippen LogP contribution is -2.24. The molecule has 8 nitrogen and oxygen atoms in total. The minimum absolute atomic E-state index is 0.247. The Kier molecular flexibility index (Phi) is 4.46. The van der Waals surface area contributed by atoms with Crippen LogP contribution in [0.1, 0.15) is 12.7 Å². The van der Waals surface area contributed by atoms with E-state index in [0.29, 0.717) is 29.6 Å². The topological polar surface area (TPSA) is 95.2 Å². The highest BCUT2D eigenvalue weighted by atomic mass is 16.5. The van der Waals surface area contributed by atoms with E-state index in [-0.39, 0.29) is 11.9 Å². The van der Waals surface area contributed by atoms with Gasteiger partial charge in [-0.05, 0) is 14.0 Å². The Morgan fingerprint density at radius 1 is 1.25 bits per heavy atom. The van der Waals surface area contributed by atoms with E-state index in [1.807, 2.05) is 14.0 Å². The Hall–Kier alpha value is -2.22. The van der Waals surface area contributed by atoms with Crippen LogP contribution in [0.15, 0.2) is 10.9 Å². The molecule has 2 aromatic rings. The van der Waals surface area contributed by atoms with Crippen molar-refractivity contribution >= 4 is 0 Å². The van der Waals surface area contributed by atoms with Gasteiger partial charge in [-0.1, -0.05) is 5.16 Å². The zero-order valence-electron chi connectivity index (χ0n) is 11.9. The third-order valence-corrected chi connectivity index (χ3v) is 2.83. The summed E-state index contributed by atoms with van der Waals surface area (Å²) in [5.41, 5.74) is 0.452. The maximum absolute atomic E-state index is 5.25. The van der Waals surface area contributed by atoms with E-state index in [4.69, 9.17) is 14.0 Å². The summed E-state index contributed by atoms with van der Waals surface area (Å²) in [6.07, 6.45) is 2.00. The van der Waals surface area contributed by atoms with Crippen LogP contribution in [-0.4, -0.2) is 47.4 Å². The molecule has 1 N–H and O–H groups in total. The van der Waals surface area contributed by atoms with Crippen molar-refractivity contribution in [2.24, 2.45) is 0 Å². The van der Waals surface area contributed by atoms with Crippen molar-refractivity contribution in [3.05, 3.63) is 12.2 Å². The molecule has 1 atom stereocenters. The molecular weight excluding hydrogens is 262 g/mol. The number of nitrogens with one attached hydrogen (secondary N) is 1. The number of aromatic nitrogens is 4. The Morgan fingerprint density at radius 3 is 2.45 bits per heavy atom. The second-order valence-corrected chi connectivity index (χ2v) is 4.18. The number of hydrogen-bond acceptors (Lipinski definition) is 8. The van der Waals surface area contributed by atoms with Crippen molar-refractivity contribution in [3.8, 4) is 23.2 Å². The van der Waals surface area contributed by atoms with Gasteiger partial charge in [0, 0.05) is 12.5 Å². The molecule has 108 valence electrons. The van der Waals surface area contributed by atoms with Crippen LogP contribution in [0, 0.1) is 0 Å². The smallest absolute Gasteiger partial charge is 0.268 e. The number of likely N-dealkylation sites (N-methyl/N-ethyl adjacent to an activating group) is 1. The minimum Gasteiger partial charge on any atom is -0.480 e. The molecule has 2 heterocycles. The van der Waals surface area contributed by atoms with Crippen molar-refractivity contribution < 1.29 is 14.0 Å². The first kappa shape index (κ1) is 14.2. The quantitative estimate of drug-likeness (QED) is 0.825. The van der Waals surface area contributed by atoms with Gasteiger partial charge in [-0.2, -0.15) is 4.98 Å². The van der Waals surface area contributed by atoms with Gasteiger partial charge in [-0.25, -0.2) is 9.97 Å². The number of ether oxygens (including phenoxy) is 2. The highest BCUT2D eigenvalue weighted by Gasteiger charge is 2.21. The molecule has 0 amide bonds. The van der Waals surface area contributed by atoms with Gasteiger partial charge in [-0.3, -0.25) is 0 Å². The average Bonchev–Trinajstić information content (AvgIpc) is 2.94. The van der Waals surface area contributed by atoms with E-state index in [0.717, 1.165) is 0 Å². The first-order valence-electron chi connectivity index (χ1n) is 6.12. The largest absolute Gasteiger partial charge is 0.480 e. The molecule has 0 saturated heterocycles. The van der Waals surface area contributed by atoms with Gasteiger partial charge >= 0.3 is 0 Å². The van der Waals surface area contributed by atoms with Crippen LogP contribution in [0.25, 0.3) is 11.5 Å². The van der Waals surface area contributed by atoms with Gasteiger partial charge in [0.05, 0.1) is 14.2 Å². The fraction of sp³-hybridized carbons (Fsp3) is 0.500. The summed E-state index contributed by atoms with van der Waals surface area (Å²) in [5.74, 6) is 1.52. The summed E-state index contributed by atoms with van der Waals surface area (Å²) in [6, 6.07) is 0.247. The summed E-state index contributed by atoms with van der Waals surface area (Å²) >= 11 is 0. The summed E-state index contributed by atoms with van der Waals surface area (Å²) in [5, 5.41) is 7.05. The van der Waals surface area contributed by atoms with Gasteiger partial charge in [0.2, 0.25) is 11.8 Å². The third-order valence-electron chi connectivity index (χ3n) is 2.83. The highest BCUT2D eigenvalue weighted by molar-refractivity contribution is 5.65. The molecule has 0 saturated carbocycles. The van der Waals surface area contributed by atoms with Gasteiger partial charge in [0.1, 0.15) is 6.33 Å². The molecule has 2 aromatic heterocycles. The van der Waals surface area contributed by atoms with Crippen LogP contribution in [0.3, 0.4) is 0 Å². The molecule has 0 aromatic carbocycles. The first-order valence-corrected chi connectivity index (χ1v) is 6.12. The standard InChI is InChI=1S/C12H17N5O3/c1-7(13-2)5-8-16-12(20-17-8)9-10(18-3)14-6-15-11(9)19-4/h6-7,13H,5H2,1-4H3. The van der Waals surface area contributed by atoms with E-state index in [1.165, 1.54) is 20.5 Å². The zero-order valence-corrected chi connectivity index (χ0v) is 11.9. The number of rotatable bonds is 6. The first-order chi connectivity index (χ1) is 9.69. The summed E-state index contributed by atoms with van der Waals surface area (Å²) in [6.45, 7) is 2.03. The molecule has 1 unspecified atom stereocenters. The summed E-state index contributed by atoms with van der Waals surface area (Å²) in [7, 11) is 4.89. The van der Waals surface area contributed by atoms with Crippen molar-refractivity contribution in [2.45, 2.75) is 19.4 Å². The molecule has 0 aliphatic carbocycles. The molecule has 0 aliphatic rings. The fourth-order valence-corrected chi connectivity index (χ4v) is 1.66. The van der Waals surface area contributed by atoms with Gasteiger partial charge in [0.25, 0.3) is 5.89 Å². The predicted molar refractivity (Wildman–Crippen MR) is 70.7 cm³/mol. The molecule has 0 radical (unpaired) electrons. The van der Waals surface area contributed by atoms with Crippen LogP contribution >= 0.6 is 0 Å². The van der Waals surface area contributed by atoms with Gasteiger partial charge in [-0.15, -0.1) is 0 Å². The molecule has 0 spiro atoms. The van der Waals surface area contributed by atoms with E-state index in [9.17, 15) is 0 Å². The normalized spacial score (nSPS) is 12.2. The molecular formula is C12H17N5O3. The van der Waals surface area contributed by atoms with Crippen LogP contribution < -0.4 is 14.8 Å². The van der Waals surface area contributed by atoms with E-state index >= 15 is 0 Å². The maximum Gasteiger partial charge on any atom is 0.268 e. The minimum atomic E-state index is 0.247. The Labute approximate surface area is 116 Å². The summed E-state index contributed by atoms with van der Waals surface area (Å²) < 4.78 is 15.6. The van der Waals surface area contributed by atoms with E-state index < -0.39 is 0 Å². The molecule has 0 bridgehead atoms. The fourth-order valence-electron chi connectivity index (χ4n) is 1.66. The van der Waals surface area contributed by atoms with Gasteiger partial charge in [0.15, 0.2) is 11.4 Å². The lowest BCUT2D eigenvalue weighted by Gasteiger charge is -2.07. The average molecular weight is 279 g/mol. The lowest BCUT2D eigenvalue weighted by molar-refractivity contribution is 0.365. The van der Waals surface area contributed by atoms with Crippen LogP contribution in [0.2, 0.25) is 0 Å². The number of hydrogen-bond donors (Lipinski definition) is 1. The Balaban J connectivity index is 2.36. The Bertz CT molecular complexity index is 550. The maximum atomic E-state index is 5.25. The van der Waals surface area contributed by atoms with Crippen molar-refractivity contribution in [2.75, 3.05) is 21.3 Å². The highest BCUT2D eigenvalue weighted by Crippen LogP contribution is 2.33. The van der Waals surface area contributed by atoms with E-state index in [2.05, 4.69) is 25.4 Å². The molecule has 2 rings (SSSR count). The zero-order chi connectivity index (χ0) is 14.5. The monoisotopic (exact) mass is 279 g/mol. The molecule has 20 heavy (non-hydrogen) atoms. The van der Waals surface area contributed by atoms with Crippen LogP contribution in [0.5, 0.6) is 11.8 Å². The van der Waals surface area contributed by atoms with Crippen LogP contribution in [0.4, 0.5) is 0 Å². The lowest BCUT2D eigenvalue weighted by atomic mass is 10.2. The SMILES string of the molecule is CNC(C)Cc1noc(-c2c(OC)ncnc2OC)n1. The molecule has 0 aliphatic heterocycles. The van der Waals surface area contributed by atoms with Crippen LogP contribution in [-0.2, 0) is 6.42 Å². The number of nitrogens with zero attached hydrogens (tertiary/aromatic N) is 4. The molecule has 0 fully saturated rings. The second-order valence-electron chi connectivity index (χ2n) is 4.18. The predicted octanol–water partition coefficient (Wildman–Crippen LogP) is 0.694.